The molecule has 5 aromatic rings. The number of carbonyl (C=O) groups excluding carboxylic acids is 1. The first kappa shape index (κ1) is 23.3. The minimum absolute atomic E-state index is 0.0172. The summed E-state index contributed by atoms with van der Waals surface area (Å²) in [5.74, 6) is -0.453. The molecule has 2 N–H and O–H groups in total. The van der Waals surface area contributed by atoms with Gasteiger partial charge in [0.2, 0.25) is 0 Å². The van der Waals surface area contributed by atoms with E-state index in [-0.39, 0.29) is 23.6 Å². The standard InChI is InChI=1S/C25H19F4N5O2/c1-36-17-6-7-19-18(10-17)15(13-31-19)8-9-30-24(35)21-12-23-32-20(14-2-4-16(26)5-3-14)11-22(25(27,28)29)34(23)33-21/h2-7,10-13,31H,8-9H2,1H3,(H,30,35). The summed E-state index contributed by atoms with van der Waals surface area (Å²) >= 11 is 0. The summed E-state index contributed by atoms with van der Waals surface area (Å²) in [6.07, 6.45) is -2.45. The number of H-pyrrole nitrogens is 1. The Kier molecular flexibility index (Phi) is 5.83. The Morgan fingerprint density at radius 3 is 2.61 bits per heavy atom. The van der Waals surface area contributed by atoms with Crippen molar-refractivity contribution < 1.29 is 27.1 Å². The van der Waals surface area contributed by atoms with Crippen LogP contribution in [0.3, 0.4) is 0 Å². The topological polar surface area (TPSA) is 84.3 Å². The van der Waals surface area contributed by atoms with Gasteiger partial charge in [-0.2, -0.15) is 18.3 Å². The summed E-state index contributed by atoms with van der Waals surface area (Å²) in [5, 5.41) is 7.50. The lowest BCUT2D eigenvalue weighted by molar-refractivity contribution is -0.142. The van der Waals surface area contributed by atoms with Crippen LogP contribution in [-0.2, 0) is 12.6 Å². The van der Waals surface area contributed by atoms with Gasteiger partial charge in [-0.15, -0.1) is 0 Å². The average Bonchev–Trinajstić information content (AvgIpc) is 3.47. The van der Waals surface area contributed by atoms with E-state index in [0.717, 1.165) is 34.7 Å². The molecule has 0 unspecified atom stereocenters. The maximum absolute atomic E-state index is 13.8. The molecule has 0 aliphatic carbocycles. The van der Waals surface area contributed by atoms with Crippen LogP contribution < -0.4 is 10.1 Å². The molecule has 36 heavy (non-hydrogen) atoms. The number of hydrogen-bond acceptors (Lipinski definition) is 4. The first-order chi connectivity index (χ1) is 17.2. The molecule has 0 radical (unpaired) electrons. The second-order valence-corrected chi connectivity index (χ2v) is 8.06. The second kappa shape index (κ2) is 8.99. The molecule has 0 saturated carbocycles. The smallest absolute Gasteiger partial charge is 0.433 e. The molecule has 5 rings (SSSR count). The van der Waals surface area contributed by atoms with Gasteiger partial charge in [0.05, 0.1) is 12.8 Å². The van der Waals surface area contributed by atoms with Crippen LogP contribution >= 0.6 is 0 Å². The number of methoxy groups -OCH3 is 1. The van der Waals surface area contributed by atoms with Crippen molar-refractivity contribution >= 4 is 22.5 Å². The van der Waals surface area contributed by atoms with E-state index in [1.54, 1.807) is 7.11 Å². The number of aromatic nitrogens is 4. The Balaban J connectivity index is 1.39. The fourth-order valence-electron chi connectivity index (χ4n) is 3.95. The molecule has 7 nitrogen and oxygen atoms in total. The highest BCUT2D eigenvalue weighted by atomic mass is 19.4. The normalized spacial score (nSPS) is 11.8. The summed E-state index contributed by atoms with van der Waals surface area (Å²) in [6, 6.07) is 12.5. The monoisotopic (exact) mass is 497 g/mol. The molecule has 184 valence electrons. The quantitative estimate of drug-likeness (QED) is 0.323. The van der Waals surface area contributed by atoms with Crippen LogP contribution in [0.2, 0.25) is 0 Å². The van der Waals surface area contributed by atoms with E-state index in [1.165, 1.54) is 18.2 Å². The van der Waals surface area contributed by atoms with Gasteiger partial charge in [-0.3, -0.25) is 4.79 Å². The lowest BCUT2D eigenvalue weighted by Gasteiger charge is -2.11. The van der Waals surface area contributed by atoms with Crippen molar-refractivity contribution in [2.45, 2.75) is 12.6 Å². The number of amides is 1. The van der Waals surface area contributed by atoms with Crippen molar-refractivity contribution in [3.8, 4) is 17.0 Å². The van der Waals surface area contributed by atoms with Gasteiger partial charge in [-0.1, -0.05) is 0 Å². The summed E-state index contributed by atoms with van der Waals surface area (Å²) in [5.41, 5.74) is 0.689. The Hall–Kier alpha value is -4.41. The highest BCUT2D eigenvalue weighted by Crippen LogP contribution is 2.32. The third kappa shape index (κ3) is 4.47. The predicted molar refractivity (Wildman–Crippen MR) is 124 cm³/mol. The largest absolute Gasteiger partial charge is 0.497 e. The molecule has 3 aromatic heterocycles. The van der Waals surface area contributed by atoms with Crippen LogP contribution in [0.1, 0.15) is 21.7 Å². The first-order valence-electron chi connectivity index (χ1n) is 10.9. The maximum atomic E-state index is 13.8. The lowest BCUT2D eigenvalue weighted by Crippen LogP contribution is -2.26. The molecular formula is C25H19F4N5O2. The van der Waals surface area contributed by atoms with E-state index in [0.29, 0.717) is 22.2 Å². The van der Waals surface area contributed by atoms with Crippen molar-refractivity contribution in [3.63, 3.8) is 0 Å². The average molecular weight is 497 g/mol. The van der Waals surface area contributed by atoms with Crippen LogP contribution in [0.4, 0.5) is 17.6 Å². The number of rotatable bonds is 6. The molecular weight excluding hydrogens is 478 g/mol. The number of nitrogens with zero attached hydrogens (tertiary/aromatic N) is 3. The van der Waals surface area contributed by atoms with Gasteiger partial charge >= 0.3 is 6.18 Å². The fraction of sp³-hybridized carbons (Fsp3) is 0.160. The number of benzene rings is 2. The molecule has 0 bridgehead atoms. The molecule has 0 spiro atoms. The second-order valence-electron chi connectivity index (χ2n) is 8.06. The number of nitrogens with one attached hydrogen (secondary N) is 2. The summed E-state index contributed by atoms with van der Waals surface area (Å²) < 4.78 is 60.4. The highest BCUT2D eigenvalue weighted by Gasteiger charge is 2.35. The highest BCUT2D eigenvalue weighted by molar-refractivity contribution is 5.93. The Morgan fingerprint density at radius 1 is 1.11 bits per heavy atom. The van der Waals surface area contributed by atoms with Crippen molar-refractivity contribution in [1.82, 2.24) is 24.9 Å². The SMILES string of the molecule is COc1ccc2[nH]cc(CCNC(=O)c3cc4nc(-c5ccc(F)cc5)cc(C(F)(F)F)n4n3)c2c1. The minimum atomic E-state index is -4.76. The zero-order chi connectivity index (χ0) is 25.4. The van der Waals surface area contributed by atoms with Gasteiger partial charge in [0.25, 0.3) is 5.91 Å². The summed E-state index contributed by atoms with van der Waals surface area (Å²) in [6.45, 7) is 0.233. The number of hydrogen-bond donors (Lipinski definition) is 2. The van der Waals surface area contributed by atoms with Gasteiger partial charge in [0.1, 0.15) is 11.6 Å². The minimum Gasteiger partial charge on any atom is -0.497 e. The van der Waals surface area contributed by atoms with Crippen molar-refractivity contribution in [3.05, 3.63) is 83.6 Å². The van der Waals surface area contributed by atoms with Crippen molar-refractivity contribution in [2.75, 3.05) is 13.7 Å². The zero-order valence-electron chi connectivity index (χ0n) is 18.9. The molecule has 0 aliphatic rings. The van der Waals surface area contributed by atoms with Crippen molar-refractivity contribution in [2.24, 2.45) is 0 Å². The van der Waals surface area contributed by atoms with E-state index in [2.05, 4.69) is 20.4 Å². The van der Waals surface area contributed by atoms with E-state index < -0.39 is 23.6 Å². The third-order valence-electron chi connectivity index (χ3n) is 5.74. The third-order valence-corrected chi connectivity index (χ3v) is 5.74. The van der Waals surface area contributed by atoms with Gasteiger partial charge in [-0.05, 0) is 60.5 Å². The first-order valence-corrected chi connectivity index (χ1v) is 10.9. The fourth-order valence-corrected chi connectivity index (χ4v) is 3.95. The van der Waals surface area contributed by atoms with Crippen LogP contribution in [0.15, 0.2) is 60.8 Å². The number of ether oxygens (including phenoxy) is 1. The molecule has 1 amide bonds. The van der Waals surface area contributed by atoms with E-state index in [4.69, 9.17) is 4.74 Å². The molecule has 0 aliphatic heterocycles. The van der Waals surface area contributed by atoms with Gasteiger partial charge < -0.3 is 15.0 Å². The Bertz CT molecular complexity index is 1570. The van der Waals surface area contributed by atoms with E-state index >= 15 is 0 Å². The molecule has 0 fully saturated rings. The number of halogens is 4. The van der Waals surface area contributed by atoms with Gasteiger partial charge in [0.15, 0.2) is 17.0 Å². The Labute approximate surface area is 201 Å². The molecule has 0 saturated heterocycles. The lowest BCUT2D eigenvalue weighted by atomic mass is 10.1. The molecule has 0 atom stereocenters. The number of fused-ring (bicyclic) bond motifs is 2. The number of alkyl halides is 3. The molecule has 2 aromatic carbocycles. The van der Waals surface area contributed by atoms with Crippen LogP contribution in [0.5, 0.6) is 5.75 Å². The summed E-state index contributed by atoms with van der Waals surface area (Å²) in [4.78, 5) is 20.1. The van der Waals surface area contributed by atoms with E-state index in [1.807, 2.05) is 24.4 Å². The predicted octanol–water partition coefficient (Wildman–Crippen LogP) is 5.02. The van der Waals surface area contributed by atoms with Gasteiger partial charge in [-0.25, -0.2) is 13.9 Å². The zero-order valence-corrected chi connectivity index (χ0v) is 18.9. The summed E-state index contributed by atoms with van der Waals surface area (Å²) in [7, 11) is 1.57. The number of carbonyl (C=O) groups is 1. The van der Waals surface area contributed by atoms with Crippen LogP contribution in [0.25, 0.3) is 27.8 Å². The number of aromatic amines is 1. The molecule has 11 heteroatoms. The van der Waals surface area contributed by atoms with E-state index in [9.17, 15) is 22.4 Å². The van der Waals surface area contributed by atoms with Crippen LogP contribution in [0, 0.1) is 5.82 Å². The van der Waals surface area contributed by atoms with Crippen molar-refractivity contribution in [1.29, 1.82) is 0 Å². The maximum Gasteiger partial charge on any atom is 0.433 e. The molecule has 3 heterocycles. The Morgan fingerprint density at radius 2 is 1.89 bits per heavy atom. The van der Waals surface area contributed by atoms with Gasteiger partial charge in [0, 0.05) is 35.3 Å². The van der Waals surface area contributed by atoms with Crippen LogP contribution in [-0.4, -0.2) is 39.1 Å².